The second-order valence-corrected chi connectivity index (χ2v) is 7.17. The molecule has 8 heteroatoms. The molecule has 0 fully saturated rings. The topological polar surface area (TPSA) is 62.2 Å². The number of halogens is 2. The summed E-state index contributed by atoms with van der Waals surface area (Å²) in [5, 5.41) is 5.53. The van der Waals surface area contributed by atoms with E-state index in [1.807, 2.05) is 0 Å². The van der Waals surface area contributed by atoms with Gasteiger partial charge in [0.1, 0.15) is 18.2 Å². The van der Waals surface area contributed by atoms with Crippen molar-refractivity contribution in [2.75, 3.05) is 26.8 Å². The van der Waals surface area contributed by atoms with Gasteiger partial charge in [0, 0.05) is 37.6 Å². The third-order valence-corrected chi connectivity index (χ3v) is 5.16. The van der Waals surface area contributed by atoms with Crippen LogP contribution in [0.2, 0.25) is 0 Å². The van der Waals surface area contributed by atoms with Gasteiger partial charge in [-0.25, -0.2) is 13.8 Å². The van der Waals surface area contributed by atoms with E-state index in [9.17, 15) is 18.4 Å². The monoisotopic (exact) mass is 429 g/mol. The molecule has 1 heterocycles. The minimum atomic E-state index is -0.732. The molecule has 2 aromatic carbocycles. The van der Waals surface area contributed by atoms with Crippen LogP contribution in [-0.2, 0) is 14.3 Å². The Bertz CT molecular complexity index is 980. The highest BCUT2D eigenvalue weighted by Crippen LogP contribution is 2.34. The molecule has 3 rings (SSSR count). The van der Waals surface area contributed by atoms with Crippen molar-refractivity contribution in [1.82, 2.24) is 9.91 Å². The highest BCUT2D eigenvalue weighted by molar-refractivity contribution is 6.03. The van der Waals surface area contributed by atoms with Gasteiger partial charge >= 0.3 is 0 Å². The molecular formula is C23H25F2N3O3. The van der Waals surface area contributed by atoms with Crippen molar-refractivity contribution in [1.29, 1.82) is 0 Å². The van der Waals surface area contributed by atoms with E-state index in [-0.39, 0.29) is 49.6 Å². The SMILES string of the molecule is CCC(=O)N(CCOC)CC(=O)N1N=C(c2ccccc2F)CC1c1ccccc1F. The lowest BCUT2D eigenvalue weighted by molar-refractivity contribution is -0.142. The van der Waals surface area contributed by atoms with Gasteiger partial charge in [0.25, 0.3) is 5.91 Å². The van der Waals surface area contributed by atoms with Crippen LogP contribution < -0.4 is 0 Å². The van der Waals surface area contributed by atoms with Gasteiger partial charge in [-0.1, -0.05) is 43.3 Å². The van der Waals surface area contributed by atoms with Crippen LogP contribution in [0.5, 0.6) is 0 Å². The van der Waals surface area contributed by atoms with Crippen LogP contribution in [0.15, 0.2) is 53.6 Å². The van der Waals surface area contributed by atoms with Crippen molar-refractivity contribution in [3.8, 4) is 0 Å². The fourth-order valence-corrected chi connectivity index (χ4v) is 3.54. The molecule has 31 heavy (non-hydrogen) atoms. The molecule has 0 bridgehead atoms. The number of amides is 2. The molecule has 0 aromatic heterocycles. The summed E-state index contributed by atoms with van der Waals surface area (Å²) >= 11 is 0. The molecule has 1 unspecified atom stereocenters. The summed E-state index contributed by atoms with van der Waals surface area (Å²) in [7, 11) is 1.51. The quantitative estimate of drug-likeness (QED) is 0.645. The average molecular weight is 429 g/mol. The Morgan fingerprint density at radius 1 is 1.13 bits per heavy atom. The third kappa shape index (κ3) is 5.14. The fourth-order valence-electron chi connectivity index (χ4n) is 3.54. The lowest BCUT2D eigenvalue weighted by atomic mass is 9.97. The van der Waals surface area contributed by atoms with E-state index in [1.165, 1.54) is 29.2 Å². The van der Waals surface area contributed by atoms with E-state index in [0.29, 0.717) is 5.71 Å². The molecule has 1 aliphatic rings. The molecule has 6 nitrogen and oxygen atoms in total. The molecule has 1 atom stereocenters. The summed E-state index contributed by atoms with van der Waals surface area (Å²) in [6.45, 7) is 2.00. The summed E-state index contributed by atoms with van der Waals surface area (Å²) in [5.74, 6) is -1.62. The number of hydrogen-bond acceptors (Lipinski definition) is 4. The molecule has 2 aromatic rings. The molecule has 0 spiro atoms. The number of nitrogens with zero attached hydrogens (tertiary/aromatic N) is 3. The van der Waals surface area contributed by atoms with E-state index in [1.54, 1.807) is 43.3 Å². The first-order chi connectivity index (χ1) is 15.0. The normalized spacial score (nSPS) is 15.7. The van der Waals surface area contributed by atoms with Crippen LogP contribution in [0.3, 0.4) is 0 Å². The lowest BCUT2D eigenvalue weighted by Gasteiger charge is -2.27. The van der Waals surface area contributed by atoms with E-state index >= 15 is 0 Å². The molecule has 164 valence electrons. The largest absolute Gasteiger partial charge is 0.383 e. The number of ether oxygens (including phenoxy) is 1. The zero-order valence-corrected chi connectivity index (χ0v) is 17.6. The molecule has 0 aliphatic carbocycles. The van der Waals surface area contributed by atoms with Crippen LogP contribution in [-0.4, -0.2) is 54.2 Å². The first kappa shape index (κ1) is 22.6. The van der Waals surface area contributed by atoms with Crippen molar-refractivity contribution in [2.45, 2.75) is 25.8 Å². The number of hydrazone groups is 1. The second kappa shape index (κ2) is 10.3. The van der Waals surface area contributed by atoms with Crippen LogP contribution in [0, 0.1) is 11.6 Å². The van der Waals surface area contributed by atoms with Crippen molar-refractivity contribution < 1.29 is 23.1 Å². The van der Waals surface area contributed by atoms with Crippen molar-refractivity contribution in [3.05, 3.63) is 71.3 Å². The first-order valence-corrected chi connectivity index (χ1v) is 10.1. The lowest BCUT2D eigenvalue weighted by Crippen LogP contribution is -2.42. The van der Waals surface area contributed by atoms with Crippen molar-refractivity contribution in [2.24, 2.45) is 5.10 Å². The van der Waals surface area contributed by atoms with Gasteiger partial charge in [-0.2, -0.15) is 5.10 Å². The standard InChI is InChI=1S/C23H25F2N3O3/c1-3-22(29)27(12-13-31-2)15-23(30)28-21(17-9-5-7-11-19(17)25)14-20(26-28)16-8-4-6-10-18(16)24/h4-11,21H,3,12-15H2,1-2H3. The summed E-state index contributed by atoms with van der Waals surface area (Å²) in [4.78, 5) is 26.8. The highest BCUT2D eigenvalue weighted by atomic mass is 19.1. The van der Waals surface area contributed by atoms with Crippen LogP contribution in [0.1, 0.15) is 36.9 Å². The van der Waals surface area contributed by atoms with E-state index in [2.05, 4.69) is 5.10 Å². The number of methoxy groups -OCH3 is 1. The molecule has 0 saturated heterocycles. The average Bonchev–Trinajstić information content (AvgIpc) is 3.21. The molecule has 2 amide bonds. The Labute approximate surface area is 180 Å². The highest BCUT2D eigenvalue weighted by Gasteiger charge is 2.36. The summed E-state index contributed by atoms with van der Waals surface area (Å²) < 4.78 is 33.9. The van der Waals surface area contributed by atoms with Crippen LogP contribution >= 0.6 is 0 Å². The summed E-state index contributed by atoms with van der Waals surface area (Å²) in [5.41, 5.74) is 0.904. The Hall–Kier alpha value is -3.13. The van der Waals surface area contributed by atoms with Gasteiger partial charge in [-0.05, 0) is 12.1 Å². The van der Waals surface area contributed by atoms with Crippen LogP contribution in [0.25, 0.3) is 0 Å². The van der Waals surface area contributed by atoms with E-state index in [0.717, 1.165) is 0 Å². The third-order valence-electron chi connectivity index (χ3n) is 5.16. The van der Waals surface area contributed by atoms with Crippen molar-refractivity contribution >= 4 is 17.5 Å². The number of benzene rings is 2. The number of hydrogen-bond donors (Lipinski definition) is 0. The molecular weight excluding hydrogens is 404 g/mol. The van der Waals surface area contributed by atoms with Crippen molar-refractivity contribution in [3.63, 3.8) is 0 Å². The maximum atomic E-state index is 14.6. The Kier molecular flexibility index (Phi) is 7.46. The minimum Gasteiger partial charge on any atom is -0.383 e. The smallest absolute Gasteiger partial charge is 0.262 e. The fraction of sp³-hybridized carbons (Fsp3) is 0.348. The van der Waals surface area contributed by atoms with Gasteiger partial charge in [0.05, 0.1) is 18.4 Å². The predicted octanol–water partition coefficient (Wildman–Crippen LogP) is 3.53. The van der Waals surface area contributed by atoms with E-state index in [4.69, 9.17) is 4.74 Å². The number of carbonyl (C=O) groups is 2. The molecule has 1 aliphatic heterocycles. The van der Waals surface area contributed by atoms with Gasteiger partial charge in [0.15, 0.2) is 0 Å². The van der Waals surface area contributed by atoms with Gasteiger partial charge in [-0.15, -0.1) is 0 Å². The zero-order valence-electron chi connectivity index (χ0n) is 17.6. The molecule has 0 radical (unpaired) electrons. The summed E-state index contributed by atoms with van der Waals surface area (Å²) in [6.07, 6.45) is 0.394. The molecule has 0 saturated carbocycles. The van der Waals surface area contributed by atoms with E-state index < -0.39 is 23.6 Å². The van der Waals surface area contributed by atoms with Gasteiger partial charge in [0.2, 0.25) is 5.91 Å². The maximum absolute atomic E-state index is 14.6. The van der Waals surface area contributed by atoms with Gasteiger partial charge < -0.3 is 9.64 Å². The summed E-state index contributed by atoms with van der Waals surface area (Å²) in [6, 6.07) is 11.5. The maximum Gasteiger partial charge on any atom is 0.262 e. The first-order valence-electron chi connectivity index (χ1n) is 10.1. The number of carbonyl (C=O) groups excluding carboxylic acids is 2. The zero-order chi connectivity index (χ0) is 22.4. The Morgan fingerprint density at radius 3 is 2.45 bits per heavy atom. The Morgan fingerprint density at radius 2 is 1.81 bits per heavy atom. The predicted molar refractivity (Wildman–Crippen MR) is 112 cm³/mol. The van der Waals surface area contributed by atoms with Gasteiger partial charge in [-0.3, -0.25) is 9.59 Å². The van der Waals surface area contributed by atoms with Crippen LogP contribution in [0.4, 0.5) is 8.78 Å². The second-order valence-electron chi connectivity index (χ2n) is 7.17. The Balaban J connectivity index is 1.93. The molecule has 0 N–H and O–H groups in total. The number of rotatable bonds is 8. The minimum absolute atomic E-state index is 0.160.